The molecule has 0 aromatic heterocycles. The highest BCUT2D eigenvalue weighted by Crippen LogP contribution is 2.36. The standard InChI is InChI=1S/C25H32Cl3O2PSi3/c1-32(2,3)29-34(7,30-33(4,5)6)25-15-14-21(28)18-24(25)31(22-12-8-10-19(26)16-22)23-13-9-11-20(27)17-23/h8-18H,1-7H3. The fraction of sp³-hybridized carbons (Fsp3) is 0.280. The Bertz CT molecular complexity index is 1100. The Kier molecular flexibility index (Phi) is 8.99. The summed E-state index contributed by atoms with van der Waals surface area (Å²) in [7, 11) is -7.68. The van der Waals surface area contributed by atoms with Gasteiger partial charge in [0.15, 0.2) is 16.6 Å². The minimum Gasteiger partial charge on any atom is -0.433 e. The van der Waals surface area contributed by atoms with Gasteiger partial charge < -0.3 is 8.23 Å². The maximum Gasteiger partial charge on any atom is 0.349 e. The molecule has 0 saturated carbocycles. The second-order valence-corrected chi connectivity index (χ2v) is 26.3. The Balaban J connectivity index is 2.34. The minimum absolute atomic E-state index is 0.688. The normalized spacial score (nSPS) is 12.9. The molecule has 0 radical (unpaired) electrons. The van der Waals surface area contributed by atoms with E-state index >= 15 is 0 Å². The molecule has 9 heteroatoms. The van der Waals surface area contributed by atoms with Crippen molar-refractivity contribution in [1.82, 2.24) is 0 Å². The van der Waals surface area contributed by atoms with Crippen LogP contribution in [-0.2, 0) is 8.23 Å². The Hall–Kier alpha value is -0.469. The van der Waals surface area contributed by atoms with Crippen molar-refractivity contribution in [2.45, 2.75) is 45.8 Å². The molecule has 0 aliphatic heterocycles. The van der Waals surface area contributed by atoms with Crippen molar-refractivity contribution < 1.29 is 8.23 Å². The van der Waals surface area contributed by atoms with E-state index in [0.29, 0.717) is 15.1 Å². The van der Waals surface area contributed by atoms with Crippen LogP contribution < -0.4 is 21.1 Å². The van der Waals surface area contributed by atoms with Gasteiger partial charge in [0, 0.05) is 20.3 Å². The van der Waals surface area contributed by atoms with Gasteiger partial charge in [-0.25, -0.2) is 0 Å². The van der Waals surface area contributed by atoms with Crippen LogP contribution in [0.2, 0.25) is 60.9 Å². The van der Waals surface area contributed by atoms with Gasteiger partial charge in [-0.3, -0.25) is 0 Å². The molecule has 0 fully saturated rings. The summed E-state index contributed by atoms with van der Waals surface area (Å²) in [4.78, 5) is 0. The molecular formula is C25H32Cl3O2PSi3. The highest BCUT2D eigenvalue weighted by atomic mass is 35.5. The maximum absolute atomic E-state index is 6.94. The monoisotopic (exact) mass is 584 g/mol. The number of hydrogen-bond acceptors (Lipinski definition) is 2. The second kappa shape index (κ2) is 10.9. The Morgan fingerprint density at radius 1 is 0.588 bits per heavy atom. The van der Waals surface area contributed by atoms with Gasteiger partial charge in [-0.15, -0.1) is 0 Å². The molecule has 182 valence electrons. The van der Waals surface area contributed by atoms with E-state index in [1.54, 1.807) is 0 Å². The third-order valence-electron chi connectivity index (χ3n) is 4.82. The van der Waals surface area contributed by atoms with Crippen molar-refractivity contribution in [3.05, 3.63) is 81.8 Å². The van der Waals surface area contributed by atoms with Crippen molar-refractivity contribution in [2.24, 2.45) is 0 Å². The first kappa shape index (κ1) is 28.1. The van der Waals surface area contributed by atoms with Crippen LogP contribution in [0.1, 0.15) is 0 Å². The van der Waals surface area contributed by atoms with E-state index in [4.69, 9.17) is 43.0 Å². The quantitative estimate of drug-likeness (QED) is 0.203. The lowest BCUT2D eigenvalue weighted by atomic mass is 10.3. The third-order valence-corrected chi connectivity index (χ3v) is 17.6. The van der Waals surface area contributed by atoms with E-state index < -0.39 is 33.1 Å². The number of halogens is 3. The molecule has 3 aromatic carbocycles. The highest BCUT2D eigenvalue weighted by molar-refractivity contribution is 7.80. The third kappa shape index (κ3) is 7.52. The Morgan fingerprint density at radius 2 is 1.03 bits per heavy atom. The molecule has 3 rings (SSSR count). The highest BCUT2D eigenvalue weighted by Gasteiger charge is 2.44. The molecule has 0 heterocycles. The zero-order valence-electron chi connectivity index (χ0n) is 20.7. The zero-order chi connectivity index (χ0) is 25.3. The van der Waals surface area contributed by atoms with Crippen molar-refractivity contribution in [3.8, 4) is 0 Å². The summed E-state index contributed by atoms with van der Waals surface area (Å²) in [6.45, 7) is 15.5. The number of rotatable bonds is 8. The molecule has 34 heavy (non-hydrogen) atoms. The van der Waals surface area contributed by atoms with Crippen LogP contribution in [0.15, 0.2) is 66.7 Å². The SMILES string of the molecule is C[Si](C)(C)O[Si](C)(O[Si](C)(C)C)c1ccc(Cl)cc1P(c1cccc(Cl)c1)c1cccc(Cl)c1. The number of hydrogen-bond donors (Lipinski definition) is 0. The van der Waals surface area contributed by atoms with Gasteiger partial charge in [-0.1, -0.05) is 65.1 Å². The van der Waals surface area contributed by atoms with E-state index in [9.17, 15) is 0 Å². The average molecular weight is 586 g/mol. The van der Waals surface area contributed by atoms with Crippen LogP contribution in [0.25, 0.3) is 0 Å². The van der Waals surface area contributed by atoms with E-state index in [1.807, 2.05) is 42.5 Å². The lowest BCUT2D eigenvalue weighted by molar-refractivity contribution is 0.405. The van der Waals surface area contributed by atoms with Gasteiger partial charge >= 0.3 is 8.56 Å². The van der Waals surface area contributed by atoms with E-state index in [1.165, 1.54) is 0 Å². The minimum atomic E-state index is -2.80. The van der Waals surface area contributed by atoms with Crippen LogP contribution in [0.5, 0.6) is 0 Å². The smallest absolute Gasteiger partial charge is 0.349 e. The van der Waals surface area contributed by atoms with E-state index in [0.717, 1.165) is 21.1 Å². The van der Waals surface area contributed by atoms with Crippen LogP contribution in [0, 0.1) is 0 Å². The fourth-order valence-electron chi connectivity index (χ4n) is 4.03. The Labute approximate surface area is 223 Å². The first-order chi connectivity index (χ1) is 15.7. The van der Waals surface area contributed by atoms with Crippen LogP contribution in [-0.4, -0.2) is 25.2 Å². The molecule has 2 nitrogen and oxygen atoms in total. The average Bonchev–Trinajstić information content (AvgIpc) is 2.65. The van der Waals surface area contributed by atoms with Gasteiger partial charge in [-0.05, 0) is 106 Å². The largest absolute Gasteiger partial charge is 0.433 e. The van der Waals surface area contributed by atoms with Gasteiger partial charge in [0.1, 0.15) is 0 Å². The summed E-state index contributed by atoms with van der Waals surface area (Å²) in [6, 6.07) is 22.3. The summed E-state index contributed by atoms with van der Waals surface area (Å²) in [5.74, 6) is 0. The first-order valence-corrected chi connectivity index (χ1v) is 22.8. The first-order valence-electron chi connectivity index (χ1n) is 11.2. The van der Waals surface area contributed by atoms with Crippen LogP contribution in [0.3, 0.4) is 0 Å². The molecule has 0 bridgehead atoms. The summed E-state index contributed by atoms with van der Waals surface area (Å²) >= 11 is 19.5. The summed E-state index contributed by atoms with van der Waals surface area (Å²) in [6.07, 6.45) is 0. The molecule has 0 spiro atoms. The molecule has 0 amide bonds. The fourth-order valence-corrected chi connectivity index (χ4v) is 19.9. The van der Waals surface area contributed by atoms with Crippen molar-refractivity contribution in [3.63, 3.8) is 0 Å². The molecule has 0 unspecified atom stereocenters. The lowest BCUT2D eigenvalue weighted by Crippen LogP contribution is -2.63. The summed E-state index contributed by atoms with van der Waals surface area (Å²) < 4.78 is 13.9. The van der Waals surface area contributed by atoms with Crippen molar-refractivity contribution >= 4 is 89.0 Å². The zero-order valence-corrected chi connectivity index (χ0v) is 26.9. The van der Waals surface area contributed by atoms with Gasteiger partial charge in [0.25, 0.3) is 0 Å². The molecular weight excluding hydrogens is 554 g/mol. The molecule has 0 aliphatic rings. The molecule has 3 aromatic rings. The predicted molar refractivity (Wildman–Crippen MR) is 160 cm³/mol. The molecule has 0 aliphatic carbocycles. The van der Waals surface area contributed by atoms with Gasteiger partial charge in [-0.2, -0.15) is 0 Å². The van der Waals surface area contributed by atoms with Gasteiger partial charge in [0.2, 0.25) is 0 Å². The van der Waals surface area contributed by atoms with Crippen LogP contribution >= 0.6 is 42.7 Å². The molecule has 0 saturated heterocycles. The summed E-state index contributed by atoms with van der Waals surface area (Å²) in [5, 5.41) is 6.62. The summed E-state index contributed by atoms with van der Waals surface area (Å²) in [5.41, 5.74) is 0. The molecule has 0 N–H and O–H groups in total. The Morgan fingerprint density at radius 3 is 1.44 bits per heavy atom. The van der Waals surface area contributed by atoms with Crippen molar-refractivity contribution in [2.75, 3.05) is 0 Å². The predicted octanol–water partition coefficient (Wildman–Crippen LogP) is 7.39. The van der Waals surface area contributed by atoms with E-state index in [2.05, 4.69) is 70.1 Å². The van der Waals surface area contributed by atoms with Gasteiger partial charge in [0.05, 0.1) is 0 Å². The van der Waals surface area contributed by atoms with E-state index in [-0.39, 0.29) is 0 Å². The van der Waals surface area contributed by atoms with Crippen LogP contribution in [0.4, 0.5) is 0 Å². The topological polar surface area (TPSA) is 18.5 Å². The second-order valence-electron chi connectivity index (χ2n) is 10.3. The maximum atomic E-state index is 6.94. The number of benzene rings is 3. The lowest BCUT2D eigenvalue weighted by Gasteiger charge is -2.40. The molecule has 0 atom stereocenters. The van der Waals surface area contributed by atoms with Crippen molar-refractivity contribution in [1.29, 1.82) is 0 Å².